The molecule has 5 nitrogen and oxygen atoms in total. The number of nitrogens with zero attached hydrogens (tertiary/aromatic N) is 3. The smallest absolute Gasteiger partial charge is 0.282 e. The van der Waals surface area contributed by atoms with Crippen LogP contribution >= 0.6 is 11.6 Å². The van der Waals surface area contributed by atoms with Crippen LogP contribution in [-0.4, -0.2) is 54.8 Å². The molecule has 2 aromatic rings. The number of piperidine rings is 1. The molecule has 7 heteroatoms. The molecule has 31 heavy (non-hydrogen) atoms. The normalized spacial score (nSPS) is 18.3. The summed E-state index contributed by atoms with van der Waals surface area (Å²) in [7, 11) is 3.94. The fourth-order valence-electron chi connectivity index (χ4n) is 4.24. The van der Waals surface area contributed by atoms with E-state index in [9.17, 15) is 14.0 Å². The van der Waals surface area contributed by atoms with Gasteiger partial charge in [-0.05, 0) is 75.3 Å². The fraction of sp³-hybridized carbons (Fsp3) is 0.333. The van der Waals surface area contributed by atoms with Crippen molar-refractivity contribution in [3.8, 4) is 0 Å². The molecule has 2 aliphatic rings. The number of anilines is 1. The number of amides is 2. The monoisotopic (exact) mass is 441 g/mol. The van der Waals surface area contributed by atoms with Crippen molar-refractivity contribution in [2.75, 3.05) is 32.1 Å². The van der Waals surface area contributed by atoms with Crippen LogP contribution in [0, 0.1) is 12.7 Å². The van der Waals surface area contributed by atoms with Gasteiger partial charge in [0.05, 0.1) is 11.3 Å². The minimum Gasteiger partial charge on any atom is -0.366 e. The summed E-state index contributed by atoms with van der Waals surface area (Å²) in [6.45, 7) is 3.71. The molecule has 2 amide bonds. The van der Waals surface area contributed by atoms with Crippen molar-refractivity contribution in [3.63, 3.8) is 0 Å². The third-order valence-corrected chi connectivity index (χ3v) is 6.60. The second-order valence-electron chi connectivity index (χ2n) is 8.26. The van der Waals surface area contributed by atoms with Crippen molar-refractivity contribution in [3.05, 3.63) is 70.1 Å². The SMILES string of the molecule is Cc1ccc(N2C(=O)C(c3ccc(F)cc3)=C(N(C)C3CCN(C)CC3)C2=O)cc1Cl. The predicted molar refractivity (Wildman–Crippen MR) is 120 cm³/mol. The lowest BCUT2D eigenvalue weighted by Crippen LogP contribution is -2.43. The topological polar surface area (TPSA) is 43.9 Å². The Hall–Kier alpha value is -2.70. The number of halogens is 2. The third-order valence-electron chi connectivity index (χ3n) is 6.19. The Balaban J connectivity index is 1.79. The molecule has 0 bridgehead atoms. The van der Waals surface area contributed by atoms with Gasteiger partial charge in [-0.15, -0.1) is 0 Å². The van der Waals surface area contributed by atoms with Gasteiger partial charge in [0.25, 0.3) is 11.8 Å². The first-order chi connectivity index (χ1) is 14.8. The molecule has 0 aromatic heterocycles. The Labute approximate surface area is 186 Å². The maximum absolute atomic E-state index is 13.6. The average Bonchev–Trinajstić information content (AvgIpc) is 3.01. The van der Waals surface area contributed by atoms with Gasteiger partial charge < -0.3 is 9.80 Å². The fourth-order valence-corrected chi connectivity index (χ4v) is 4.42. The summed E-state index contributed by atoms with van der Waals surface area (Å²) in [6, 6.07) is 11.0. The number of likely N-dealkylation sites (tertiary alicyclic amines) is 1. The quantitative estimate of drug-likeness (QED) is 0.670. The first kappa shape index (κ1) is 21.5. The van der Waals surface area contributed by atoms with E-state index in [0.29, 0.717) is 27.5 Å². The van der Waals surface area contributed by atoms with E-state index < -0.39 is 11.7 Å². The van der Waals surface area contributed by atoms with Gasteiger partial charge >= 0.3 is 0 Å². The summed E-state index contributed by atoms with van der Waals surface area (Å²) in [5.41, 5.74) is 2.46. The van der Waals surface area contributed by atoms with Gasteiger partial charge in [0.15, 0.2) is 0 Å². The molecule has 162 valence electrons. The molecule has 1 fully saturated rings. The molecule has 0 radical (unpaired) electrons. The van der Waals surface area contributed by atoms with Gasteiger partial charge in [-0.3, -0.25) is 9.59 Å². The van der Waals surface area contributed by atoms with Gasteiger partial charge in [0.1, 0.15) is 11.5 Å². The summed E-state index contributed by atoms with van der Waals surface area (Å²) < 4.78 is 13.5. The molecule has 0 atom stereocenters. The zero-order valence-electron chi connectivity index (χ0n) is 17.9. The van der Waals surface area contributed by atoms with Gasteiger partial charge in [0, 0.05) is 18.1 Å². The number of benzene rings is 2. The Morgan fingerprint density at radius 2 is 1.68 bits per heavy atom. The molecule has 0 aliphatic carbocycles. The summed E-state index contributed by atoms with van der Waals surface area (Å²) in [5.74, 6) is -1.20. The maximum Gasteiger partial charge on any atom is 0.282 e. The predicted octanol–water partition coefficient (Wildman–Crippen LogP) is 4.10. The lowest BCUT2D eigenvalue weighted by atomic mass is 10.00. The van der Waals surface area contributed by atoms with Crippen LogP contribution in [0.25, 0.3) is 5.57 Å². The third kappa shape index (κ3) is 3.98. The average molecular weight is 442 g/mol. The van der Waals surface area contributed by atoms with Crippen molar-refractivity contribution in [1.82, 2.24) is 9.80 Å². The van der Waals surface area contributed by atoms with E-state index in [0.717, 1.165) is 31.5 Å². The molecule has 4 rings (SSSR count). The number of likely N-dealkylation sites (N-methyl/N-ethyl adjacent to an activating group) is 1. The Morgan fingerprint density at radius 3 is 2.29 bits per heavy atom. The lowest BCUT2D eigenvalue weighted by Gasteiger charge is -2.36. The summed E-state index contributed by atoms with van der Waals surface area (Å²) >= 11 is 6.27. The second kappa shape index (κ2) is 8.44. The molecule has 0 N–H and O–H groups in total. The zero-order chi connectivity index (χ0) is 22.3. The minimum atomic E-state index is -0.425. The van der Waals surface area contributed by atoms with E-state index in [1.807, 2.05) is 18.9 Å². The highest BCUT2D eigenvalue weighted by Crippen LogP contribution is 2.37. The zero-order valence-corrected chi connectivity index (χ0v) is 18.6. The number of rotatable bonds is 4. The van der Waals surface area contributed by atoms with Crippen LogP contribution in [0.4, 0.5) is 10.1 Å². The van der Waals surface area contributed by atoms with Crippen LogP contribution < -0.4 is 4.90 Å². The molecule has 0 unspecified atom stereocenters. The van der Waals surface area contributed by atoms with Gasteiger partial charge in [-0.25, -0.2) is 9.29 Å². The van der Waals surface area contributed by atoms with Crippen LogP contribution in [0.15, 0.2) is 48.2 Å². The minimum absolute atomic E-state index is 0.139. The number of imide groups is 1. The largest absolute Gasteiger partial charge is 0.366 e. The van der Waals surface area contributed by atoms with Gasteiger partial charge in [-0.2, -0.15) is 0 Å². The number of carbonyl (C=O) groups excluding carboxylic acids is 2. The maximum atomic E-state index is 13.6. The van der Waals surface area contributed by atoms with E-state index >= 15 is 0 Å². The molecule has 2 heterocycles. The highest BCUT2D eigenvalue weighted by molar-refractivity contribution is 6.45. The molecule has 0 spiro atoms. The van der Waals surface area contributed by atoms with Crippen molar-refractivity contribution in [2.45, 2.75) is 25.8 Å². The summed E-state index contributed by atoms with van der Waals surface area (Å²) in [5, 5.41) is 0.485. The number of aryl methyl sites for hydroxylation is 1. The number of hydrogen-bond acceptors (Lipinski definition) is 4. The van der Waals surface area contributed by atoms with E-state index in [-0.39, 0.29) is 11.9 Å². The number of carbonyl (C=O) groups is 2. The summed E-state index contributed by atoms with van der Waals surface area (Å²) in [6.07, 6.45) is 1.79. The van der Waals surface area contributed by atoms with Crippen LogP contribution in [0.5, 0.6) is 0 Å². The molecular weight excluding hydrogens is 417 g/mol. The Kier molecular flexibility index (Phi) is 5.86. The van der Waals surface area contributed by atoms with E-state index in [4.69, 9.17) is 11.6 Å². The van der Waals surface area contributed by atoms with Crippen molar-refractivity contribution in [2.24, 2.45) is 0 Å². The molecule has 1 saturated heterocycles. The lowest BCUT2D eigenvalue weighted by molar-refractivity contribution is -0.120. The van der Waals surface area contributed by atoms with Crippen LogP contribution in [0.2, 0.25) is 5.02 Å². The Morgan fingerprint density at radius 1 is 1.03 bits per heavy atom. The summed E-state index contributed by atoms with van der Waals surface area (Å²) in [4.78, 5) is 32.5. The molecule has 2 aliphatic heterocycles. The van der Waals surface area contributed by atoms with Crippen molar-refractivity contribution >= 4 is 34.7 Å². The van der Waals surface area contributed by atoms with Crippen LogP contribution in [0.3, 0.4) is 0 Å². The van der Waals surface area contributed by atoms with E-state index in [2.05, 4.69) is 11.9 Å². The molecular formula is C24H25ClFN3O2. The standard InChI is InChI=1S/C24H25ClFN3O2/c1-15-4-9-19(14-20(15)25)29-23(30)21(16-5-7-17(26)8-6-16)22(24(29)31)28(3)18-10-12-27(2)13-11-18/h4-9,14,18H,10-13H2,1-3H3. The van der Waals surface area contributed by atoms with Gasteiger partial charge in [-0.1, -0.05) is 29.8 Å². The highest BCUT2D eigenvalue weighted by Gasteiger charge is 2.43. The van der Waals surface area contributed by atoms with Crippen LogP contribution in [0.1, 0.15) is 24.0 Å². The van der Waals surface area contributed by atoms with Crippen LogP contribution in [-0.2, 0) is 9.59 Å². The highest BCUT2D eigenvalue weighted by atomic mass is 35.5. The first-order valence-corrected chi connectivity index (χ1v) is 10.7. The van der Waals surface area contributed by atoms with Gasteiger partial charge in [0.2, 0.25) is 0 Å². The Bertz CT molecular complexity index is 1060. The van der Waals surface area contributed by atoms with Crippen molar-refractivity contribution in [1.29, 1.82) is 0 Å². The molecule has 0 saturated carbocycles. The van der Waals surface area contributed by atoms with Crippen molar-refractivity contribution < 1.29 is 14.0 Å². The van der Waals surface area contributed by atoms with E-state index in [1.165, 1.54) is 17.0 Å². The van der Waals surface area contributed by atoms with E-state index in [1.54, 1.807) is 30.3 Å². The second-order valence-corrected chi connectivity index (χ2v) is 8.66. The number of hydrogen-bond donors (Lipinski definition) is 0. The first-order valence-electron chi connectivity index (χ1n) is 10.3. The molecule has 2 aromatic carbocycles.